The SMILES string of the molecule is Cc1cn([C@H]2CC(O)[C@@H](COP(=O)(O)OP(=O)(O)OP(=O)(O)OP(=O)(O)OP(=O)(O)OP(=O)(O)OCCCCCCNC(=O)OCC3c4ccccc4-c4ccccc43)O2)c(=O)[nH]c1=O. The van der Waals surface area contributed by atoms with Gasteiger partial charge >= 0.3 is 58.7 Å². The summed E-state index contributed by atoms with van der Waals surface area (Å²) in [7, 11) is -37.0. The molecule has 2 aromatic carbocycles. The van der Waals surface area contributed by atoms with Crippen molar-refractivity contribution in [2.45, 2.75) is 63.4 Å². The van der Waals surface area contributed by atoms with Gasteiger partial charge in [-0.05, 0) is 42.0 Å². The van der Waals surface area contributed by atoms with E-state index in [2.05, 4.69) is 35.9 Å². The Labute approximate surface area is 367 Å². The number of carbonyl (C=O) groups is 1. The number of alkyl carbamates (subject to hydrolysis) is 1. The van der Waals surface area contributed by atoms with E-state index in [0.717, 1.165) is 33.0 Å². The summed E-state index contributed by atoms with van der Waals surface area (Å²) in [4.78, 5) is 96.7. The number of phosphoric acid groups is 6. The van der Waals surface area contributed by atoms with Gasteiger partial charge in [0.15, 0.2) is 0 Å². The van der Waals surface area contributed by atoms with Crippen LogP contribution in [0.25, 0.3) is 11.1 Å². The number of fused-ring (bicyclic) bond motifs is 3. The Balaban J connectivity index is 0.974. The van der Waals surface area contributed by atoms with Gasteiger partial charge < -0.3 is 49.3 Å². The highest BCUT2D eigenvalue weighted by atomic mass is 31.3. The molecule has 1 fully saturated rings. The van der Waals surface area contributed by atoms with Crippen LogP contribution < -0.4 is 16.6 Å². The highest BCUT2D eigenvalue weighted by Gasteiger charge is 2.50. The Bertz CT molecular complexity index is 2580. The van der Waals surface area contributed by atoms with Crippen molar-refractivity contribution >= 4 is 53.0 Å². The quantitative estimate of drug-likeness (QED) is 0.0446. The predicted octanol–water partition coefficient (Wildman–Crippen LogP) is 4.31. The van der Waals surface area contributed by atoms with Gasteiger partial charge in [0, 0.05) is 30.6 Å². The number of aromatic amines is 1. The van der Waals surface area contributed by atoms with Gasteiger partial charge in [-0.2, -0.15) is 21.6 Å². The first-order valence-electron chi connectivity index (χ1n) is 18.7. The molecule has 0 radical (unpaired) electrons. The first kappa shape index (κ1) is 53.1. The maximum atomic E-state index is 12.3. The van der Waals surface area contributed by atoms with Gasteiger partial charge in [0.2, 0.25) is 0 Å². The number of aryl methyl sites for hydroxylation is 1. The molecule has 362 valence electrons. The van der Waals surface area contributed by atoms with Crippen molar-refractivity contribution in [2.75, 3.05) is 26.4 Å². The molecule has 1 aromatic heterocycles. The zero-order chi connectivity index (χ0) is 48.0. The first-order valence-corrected chi connectivity index (χ1v) is 27.7. The Hall–Kier alpha value is -2.83. The molecule has 0 spiro atoms. The van der Waals surface area contributed by atoms with E-state index in [0.29, 0.717) is 19.3 Å². The standard InChI is InChI=1S/C31H43N3O25P6/c1-20-17-34(30(37)33-29(20)36)28-16-26(35)27(54-28)19-53-61(41,42)56-63(45,46)58-65(49,50)59-64(47,48)57-62(43,44)55-60(39,40)52-15-9-3-2-8-14-32-31(38)51-18-25-23-12-6-4-10-21(23)22-11-5-7-13-24(22)25/h4-7,10-13,17,25-28,35H,2-3,8-9,14-16,18-19H2,1H3,(H,32,38)(H,39,40)(H,41,42)(H,43,44)(H,45,46)(H,47,48)(H,49,50)(H,33,36,37)/t26?,27-,28-/m1/s1. The molecule has 28 nitrogen and oxygen atoms in total. The molecule has 7 unspecified atom stereocenters. The molecule has 9 atom stereocenters. The number of nitrogens with one attached hydrogen (secondary N) is 2. The number of phosphoric ester groups is 2. The summed E-state index contributed by atoms with van der Waals surface area (Å²) >= 11 is 0. The third kappa shape index (κ3) is 15.9. The Morgan fingerprint density at radius 2 is 1.22 bits per heavy atom. The summed E-state index contributed by atoms with van der Waals surface area (Å²) in [6.45, 7) is -0.00155. The molecule has 65 heavy (non-hydrogen) atoms. The number of H-pyrrole nitrogens is 1. The Morgan fingerprint density at radius 1 is 0.723 bits per heavy atom. The van der Waals surface area contributed by atoms with E-state index in [1.807, 2.05) is 53.5 Å². The van der Waals surface area contributed by atoms with Crippen LogP contribution in [0.1, 0.15) is 60.9 Å². The van der Waals surface area contributed by atoms with Crippen LogP contribution in [0.3, 0.4) is 0 Å². The number of aliphatic hydroxyl groups excluding tert-OH is 1. The maximum Gasteiger partial charge on any atom is 0.490 e. The number of nitrogens with zero attached hydrogens (tertiary/aromatic N) is 1. The highest BCUT2D eigenvalue weighted by molar-refractivity contribution is 7.72. The van der Waals surface area contributed by atoms with E-state index >= 15 is 0 Å². The zero-order valence-electron chi connectivity index (χ0n) is 33.5. The van der Waals surface area contributed by atoms with Crippen LogP contribution in [0.2, 0.25) is 0 Å². The van der Waals surface area contributed by atoms with Crippen molar-refractivity contribution in [1.82, 2.24) is 14.9 Å². The molecule has 1 aliphatic heterocycles. The van der Waals surface area contributed by atoms with Crippen LogP contribution in [0.5, 0.6) is 0 Å². The molecule has 1 saturated heterocycles. The third-order valence-electron chi connectivity index (χ3n) is 9.03. The van der Waals surface area contributed by atoms with Gasteiger partial charge in [-0.15, -0.1) is 0 Å². The molecular formula is C31H43N3O25P6. The number of unbranched alkanes of at least 4 members (excludes halogenated alkanes) is 3. The number of amides is 1. The summed E-state index contributed by atoms with van der Waals surface area (Å²) in [6, 6.07) is 15.7. The topological polar surface area (TPSA) is 411 Å². The van der Waals surface area contributed by atoms with Crippen molar-refractivity contribution in [3.8, 4) is 11.1 Å². The average Bonchev–Trinajstić information content (AvgIpc) is 3.69. The molecular weight excluding hydrogens is 1000 g/mol. The third-order valence-corrected chi connectivity index (χ3v) is 18.3. The van der Waals surface area contributed by atoms with Gasteiger partial charge in [-0.1, -0.05) is 61.4 Å². The van der Waals surface area contributed by atoms with Crippen LogP contribution >= 0.6 is 46.9 Å². The van der Waals surface area contributed by atoms with Gasteiger partial charge in [-0.25, -0.2) is 37.0 Å². The van der Waals surface area contributed by atoms with Crippen LogP contribution in [-0.4, -0.2) is 88.7 Å². The summed E-state index contributed by atoms with van der Waals surface area (Å²) in [5.74, 6) is -0.127. The molecule has 3 aromatic rings. The van der Waals surface area contributed by atoms with E-state index in [1.165, 1.54) is 6.92 Å². The molecule has 1 amide bonds. The maximum absolute atomic E-state index is 12.3. The van der Waals surface area contributed by atoms with E-state index < -0.39 is 95.9 Å². The van der Waals surface area contributed by atoms with Crippen LogP contribution in [0.4, 0.5) is 4.79 Å². The first-order chi connectivity index (χ1) is 30.2. The van der Waals surface area contributed by atoms with Crippen molar-refractivity contribution < 1.29 is 107 Å². The molecule has 9 N–H and O–H groups in total. The van der Waals surface area contributed by atoms with Gasteiger partial charge in [-0.3, -0.25) is 23.4 Å². The minimum atomic E-state index is -6.50. The highest BCUT2D eigenvalue weighted by Crippen LogP contribution is 2.75. The number of benzene rings is 2. The largest absolute Gasteiger partial charge is 0.490 e. The van der Waals surface area contributed by atoms with Gasteiger partial charge in [0.25, 0.3) is 5.56 Å². The van der Waals surface area contributed by atoms with Crippen molar-refractivity contribution in [3.05, 3.63) is 92.3 Å². The Morgan fingerprint density at radius 3 is 1.77 bits per heavy atom. The van der Waals surface area contributed by atoms with E-state index in [4.69, 9.17) is 9.47 Å². The lowest BCUT2D eigenvalue weighted by atomic mass is 9.98. The zero-order valence-corrected chi connectivity index (χ0v) is 38.8. The smallest absolute Gasteiger partial charge is 0.449 e. The number of aromatic nitrogens is 2. The Kier molecular flexibility index (Phi) is 17.7. The van der Waals surface area contributed by atoms with E-state index in [9.17, 15) is 76.2 Å². The van der Waals surface area contributed by atoms with E-state index in [1.54, 1.807) is 0 Å². The molecule has 1 aliphatic carbocycles. The minimum absolute atomic E-state index is 0.0500. The molecule has 34 heteroatoms. The second-order valence-corrected chi connectivity index (χ2v) is 23.3. The molecule has 0 bridgehead atoms. The summed E-state index contributed by atoms with van der Waals surface area (Å²) in [5, 5.41) is 12.9. The average molecular weight is 1040 g/mol. The van der Waals surface area contributed by atoms with Crippen molar-refractivity contribution in [2.24, 2.45) is 0 Å². The lowest BCUT2D eigenvalue weighted by Gasteiger charge is -2.21. The molecule has 2 aliphatic rings. The number of ether oxygens (including phenoxy) is 2. The second kappa shape index (κ2) is 21.6. The van der Waals surface area contributed by atoms with Gasteiger partial charge in [0.1, 0.15) is 18.9 Å². The normalized spacial score (nSPS) is 22.8. The number of hydrogen-bond donors (Lipinski definition) is 9. The molecule has 2 heterocycles. The lowest BCUT2D eigenvalue weighted by molar-refractivity contribution is -0.0450. The molecule has 5 rings (SSSR count). The number of carbonyl (C=O) groups excluding carboxylic acids is 1. The fourth-order valence-electron chi connectivity index (χ4n) is 6.36. The molecule has 0 saturated carbocycles. The number of hydrogen-bond acceptors (Lipinski definition) is 19. The van der Waals surface area contributed by atoms with Crippen LogP contribution in [-0.2, 0) is 67.5 Å². The second-order valence-electron chi connectivity index (χ2n) is 13.9. The minimum Gasteiger partial charge on any atom is -0.449 e. The van der Waals surface area contributed by atoms with Gasteiger partial charge in [0.05, 0.1) is 19.3 Å². The fourth-order valence-corrected chi connectivity index (χ4v) is 14.2. The number of aliphatic hydroxyl groups is 1. The lowest BCUT2D eigenvalue weighted by Crippen LogP contribution is -2.33. The summed E-state index contributed by atoms with van der Waals surface area (Å²) in [6.07, 6.45) is -2.83. The number of rotatable bonds is 24. The van der Waals surface area contributed by atoms with Crippen molar-refractivity contribution in [1.29, 1.82) is 0 Å². The van der Waals surface area contributed by atoms with Crippen LogP contribution in [0.15, 0.2) is 64.3 Å². The van der Waals surface area contributed by atoms with Crippen LogP contribution in [0, 0.1) is 6.92 Å². The monoisotopic (exact) mass is 1040 g/mol. The van der Waals surface area contributed by atoms with Crippen molar-refractivity contribution in [3.63, 3.8) is 0 Å². The summed E-state index contributed by atoms with van der Waals surface area (Å²) in [5.41, 5.74) is 2.68. The predicted molar refractivity (Wildman–Crippen MR) is 218 cm³/mol. The van der Waals surface area contributed by atoms with E-state index in [-0.39, 0.29) is 37.5 Å². The fraction of sp³-hybridized carbons (Fsp3) is 0.452. The summed E-state index contributed by atoms with van der Waals surface area (Å²) < 4.78 is 113.